The molecule has 0 aromatic carbocycles. The van der Waals surface area contributed by atoms with Gasteiger partial charge < -0.3 is 5.11 Å². The lowest BCUT2D eigenvalue weighted by Gasteiger charge is -2.03. The van der Waals surface area contributed by atoms with Crippen LogP contribution in [0.4, 0.5) is 0 Å². The fraction of sp³-hybridized carbons (Fsp3) is 0.250. The summed E-state index contributed by atoms with van der Waals surface area (Å²) in [6, 6.07) is 1.79. The maximum absolute atomic E-state index is 9.43. The molecule has 0 bridgehead atoms. The molecule has 0 fully saturated rings. The minimum absolute atomic E-state index is 0.128. The zero-order valence-electron chi connectivity index (χ0n) is 6.73. The number of hydrogen-bond acceptors (Lipinski definition) is 3. The quantitative estimate of drug-likeness (QED) is 0.647. The van der Waals surface area contributed by atoms with Crippen LogP contribution >= 0.6 is 0 Å². The summed E-state index contributed by atoms with van der Waals surface area (Å²) in [4.78, 5) is 0. The van der Waals surface area contributed by atoms with Gasteiger partial charge in [0.2, 0.25) is 0 Å². The van der Waals surface area contributed by atoms with Crippen LogP contribution in [0.15, 0.2) is 24.5 Å². The van der Waals surface area contributed by atoms with Gasteiger partial charge in [0.25, 0.3) is 0 Å². The lowest BCUT2D eigenvalue weighted by molar-refractivity contribution is 0.221. The van der Waals surface area contributed by atoms with Gasteiger partial charge in [-0.05, 0) is 0 Å². The van der Waals surface area contributed by atoms with Gasteiger partial charge in [-0.15, -0.1) is 0 Å². The standard InChI is InChI=1S/C8H9N3O/c1-6(3-9)8(12)7-4-10-11(2)5-7/h4-5,8,12H,1H2,2H3. The van der Waals surface area contributed by atoms with Gasteiger partial charge in [0.1, 0.15) is 6.10 Å². The van der Waals surface area contributed by atoms with E-state index in [1.54, 1.807) is 24.0 Å². The van der Waals surface area contributed by atoms with E-state index in [-0.39, 0.29) is 5.57 Å². The fourth-order valence-electron chi connectivity index (χ4n) is 0.844. The van der Waals surface area contributed by atoms with E-state index in [1.165, 1.54) is 6.20 Å². The van der Waals surface area contributed by atoms with E-state index >= 15 is 0 Å². The Morgan fingerprint density at radius 2 is 2.58 bits per heavy atom. The molecule has 0 saturated carbocycles. The number of aromatic nitrogens is 2. The number of nitriles is 1. The summed E-state index contributed by atoms with van der Waals surface area (Å²) in [6.07, 6.45) is 2.23. The Balaban J connectivity index is 2.86. The summed E-state index contributed by atoms with van der Waals surface area (Å²) in [7, 11) is 1.74. The SMILES string of the molecule is C=C(C#N)C(O)c1cnn(C)c1. The van der Waals surface area contributed by atoms with Crippen molar-refractivity contribution in [1.82, 2.24) is 9.78 Å². The van der Waals surface area contributed by atoms with Gasteiger partial charge in [-0.3, -0.25) is 4.68 Å². The van der Waals surface area contributed by atoms with Crippen molar-refractivity contribution in [2.75, 3.05) is 0 Å². The maximum atomic E-state index is 9.43. The zero-order valence-corrected chi connectivity index (χ0v) is 6.73. The molecule has 0 radical (unpaired) electrons. The van der Waals surface area contributed by atoms with Crippen molar-refractivity contribution in [3.05, 3.63) is 30.1 Å². The Morgan fingerprint density at radius 1 is 1.92 bits per heavy atom. The Hall–Kier alpha value is -1.60. The fourth-order valence-corrected chi connectivity index (χ4v) is 0.844. The molecule has 1 aromatic rings. The largest absolute Gasteiger partial charge is 0.383 e. The topological polar surface area (TPSA) is 61.8 Å². The Morgan fingerprint density at radius 3 is 3.00 bits per heavy atom. The summed E-state index contributed by atoms with van der Waals surface area (Å²) >= 11 is 0. The molecule has 1 heterocycles. The molecule has 1 aromatic heterocycles. The van der Waals surface area contributed by atoms with E-state index in [9.17, 15) is 5.11 Å². The minimum Gasteiger partial charge on any atom is -0.383 e. The van der Waals surface area contributed by atoms with Gasteiger partial charge >= 0.3 is 0 Å². The van der Waals surface area contributed by atoms with Crippen molar-refractivity contribution in [3.8, 4) is 6.07 Å². The first-order valence-corrected chi connectivity index (χ1v) is 3.40. The van der Waals surface area contributed by atoms with Crippen LogP contribution in [0.5, 0.6) is 0 Å². The third-order valence-corrected chi connectivity index (χ3v) is 1.51. The molecular formula is C8H9N3O. The van der Waals surface area contributed by atoms with E-state index in [2.05, 4.69) is 11.7 Å². The Labute approximate surface area is 70.4 Å². The van der Waals surface area contributed by atoms with Gasteiger partial charge in [0.05, 0.1) is 17.8 Å². The van der Waals surface area contributed by atoms with Crippen LogP contribution in [0.3, 0.4) is 0 Å². The highest BCUT2D eigenvalue weighted by atomic mass is 16.3. The monoisotopic (exact) mass is 163 g/mol. The van der Waals surface area contributed by atoms with E-state index in [4.69, 9.17) is 5.26 Å². The molecule has 0 aliphatic heterocycles. The lowest BCUT2D eigenvalue weighted by Crippen LogP contribution is -1.97. The van der Waals surface area contributed by atoms with Gasteiger partial charge in [-0.2, -0.15) is 10.4 Å². The second-order valence-corrected chi connectivity index (χ2v) is 2.49. The van der Waals surface area contributed by atoms with Crippen molar-refractivity contribution < 1.29 is 5.11 Å². The number of aliphatic hydroxyl groups excluding tert-OH is 1. The summed E-state index contributed by atoms with van der Waals surface area (Å²) in [5.74, 6) is 0. The molecule has 0 amide bonds. The summed E-state index contributed by atoms with van der Waals surface area (Å²) in [6.45, 7) is 3.41. The maximum Gasteiger partial charge on any atom is 0.116 e. The minimum atomic E-state index is -0.927. The number of hydrogen-bond donors (Lipinski definition) is 1. The van der Waals surface area contributed by atoms with Crippen LogP contribution in [0.1, 0.15) is 11.7 Å². The first-order chi connectivity index (χ1) is 5.65. The van der Waals surface area contributed by atoms with Crippen LogP contribution in [-0.4, -0.2) is 14.9 Å². The molecule has 4 nitrogen and oxygen atoms in total. The van der Waals surface area contributed by atoms with Crippen molar-refractivity contribution in [3.63, 3.8) is 0 Å². The van der Waals surface area contributed by atoms with Crippen molar-refractivity contribution in [2.45, 2.75) is 6.10 Å². The van der Waals surface area contributed by atoms with E-state index in [1.807, 2.05) is 0 Å². The molecule has 1 rings (SSSR count). The first-order valence-electron chi connectivity index (χ1n) is 3.40. The van der Waals surface area contributed by atoms with E-state index < -0.39 is 6.10 Å². The number of nitrogens with zero attached hydrogens (tertiary/aromatic N) is 3. The lowest BCUT2D eigenvalue weighted by atomic mass is 10.1. The van der Waals surface area contributed by atoms with E-state index in [0.717, 1.165) is 0 Å². The average Bonchev–Trinajstić information content (AvgIpc) is 2.49. The first kappa shape index (κ1) is 8.50. The van der Waals surface area contributed by atoms with Gasteiger partial charge in [0, 0.05) is 18.8 Å². The van der Waals surface area contributed by atoms with Gasteiger partial charge in [0.15, 0.2) is 0 Å². The second kappa shape index (κ2) is 3.20. The predicted molar refractivity (Wildman–Crippen MR) is 42.9 cm³/mol. The normalized spacial score (nSPS) is 12.1. The van der Waals surface area contributed by atoms with Gasteiger partial charge in [-0.1, -0.05) is 6.58 Å². The molecular weight excluding hydrogens is 154 g/mol. The van der Waals surface area contributed by atoms with Crippen LogP contribution < -0.4 is 0 Å². The molecule has 0 aliphatic carbocycles. The highest BCUT2D eigenvalue weighted by Crippen LogP contribution is 2.17. The van der Waals surface area contributed by atoms with Crippen LogP contribution in [0, 0.1) is 11.3 Å². The number of aryl methyl sites for hydroxylation is 1. The highest BCUT2D eigenvalue weighted by Gasteiger charge is 2.12. The molecule has 0 spiro atoms. The van der Waals surface area contributed by atoms with Crippen molar-refractivity contribution >= 4 is 0 Å². The number of rotatable bonds is 2. The highest BCUT2D eigenvalue weighted by molar-refractivity contribution is 5.28. The molecule has 62 valence electrons. The molecule has 0 aliphatic rings. The van der Waals surface area contributed by atoms with Gasteiger partial charge in [-0.25, -0.2) is 0 Å². The third kappa shape index (κ3) is 1.52. The number of aliphatic hydroxyl groups is 1. The summed E-state index contributed by atoms with van der Waals surface area (Å²) < 4.78 is 1.56. The van der Waals surface area contributed by atoms with Crippen LogP contribution in [-0.2, 0) is 7.05 Å². The van der Waals surface area contributed by atoms with E-state index in [0.29, 0.717) is 5.56 Å². The molecule has 1 atom stereocenters. The van der Waals surface area contributed by atoms with Crippen molar-refractivity contribution in [2.24, 2.45) is 7.05 Å². The predicted octanol–water partition coefficient (Wildman–Crippen LogP) is 0.533. The Kier molecular flexibility index (Phi) is 2.26. The zero-order chi connectivity index (χ0) is 9.14. The smallest absolute Gasteiger partial charge is 0.116 e. The molecule has 0 saturated heterocycles. The summed E-state index contributed by atoms with van der Waals surface area (Å²) in [5.41, 5.74) is 0.715. The molecule has 1 N–H and O–H groups in total. The van der Waals surface area contributed by atoms with Crippen LogP contribution in [0.25, 0.3) is 0 Å². The second-order valence-electron chi connectivity index (χ2n) is 2.49. The molecule has 1 unspecified atom stereocenters. The molecule has 4 heteroatoms. The Bertz CT molecular complexity index is 334. The molecule has 12 heavy (non-hydrogen) atoms. The third-order valence-electron chi connectivity index (χ3n) is 1.51. The van der Waals surface area contributed by atoms with Crippen LogP contribution in [0.2, 0.25) is 0 Å². The van der Waals surface area contributed by atoms with Crippen molar-refractivity contribution in [1.29, 1.82) is 5.26 Å². The summed E-state index contributed by atoms with van der Waals surface area (Å²) in [5, 5.41) is 21.7. The average molecular weight is 163 g/mol.